The summed E-state index contributed by atoms with van der Waals surface area (Å²) < 4.78 is 2.73. The number of rotatable bonds is 10. The minimum atomic E-state index is -0.183. The van der Waals surface area contributed by atoms with E-state index in [1.807, 2.05) is 11.3 Å². The van der Waals surface area contributed by atoms with Gasteiger partial charge in [0.15, 0.2) is 0 Å². The molecule has 9 aromatic carbocycles. The fraction of sp³-hybridized carbons (Fsp3) is 0.231. The lowest BCUT2D eigenvalue weighted by Crippen LogP contribution is -2.15. The van der Waals surface area contributed by atoms with Crippen LogP contribution in [0.4, 0.5) is 34.1 Å². The number of fused-ring (bicyclic) bond motifs is 9. The van der Waals surface area contributed by atoms with Gasteiger partial charge in [0.25, 0.3) is 0 Å². The Balaban J connectivity index is 0.990. The van der Waals surface area contributed by atoms with Gasteiger partial charge >= 0.3 is 0 Å². The van der Waals surface area contributed by atoms with Crippen LogP contribution in [-0.4, -0.2) is 0 Å². The zero-order valence-electron chi connectivity index (χ0n) is 41.3. The maximum absolute atomic E-state index is 2.49. The highest BCUT2D eigenvalue weighted by molar-refractivity contribution is 7.26. The first-order chi connectivity index (χ1) is 32.7. The van der Waals surface area contributed by atoms with Crippen molar-refractivity contribution in [2.45, 2.75) is 98.3 Å². The van der Waals surface area contributed by atoms with Gasteiger partial charge in [-0.3, -0.25) is 0 Å². The van der Waals surface area contributed by atoms with E-state index in [4.69, 9.17) is 0 Å². The molecule has 1 aliphatic carbocycles. The molecule has 1 heterocycles. The summed E-state index contributed by atoms with van der Waals surface area (Å²) in [6.45, 7) is 23.0. The Kier molecular flexibility index (Phi) is 10.9. The fourth-order valence-corrected chi connectivity index (χ4v) is 12.2. The fourth-order valence-electron chi connectivity index (χ4n) is 10.8. The minimum Gasteiger partial charge on any atom is -0.310 e. The van der Waals surface area contributed by atoms with Crippen LogP contribution in [0.5, 0.6) is 0 Å². The van der Waals surface area contributed by atoms with E-state index >= 15 is 0 Å². The SMILES string of the molecule is CC(C)c1ccc(N(c2ccc(C(C)C)cc2)c2ccc3cc4c(cc3c2)C(C)(C)c2c-4ccc3c2sc2cc4cc(N(c5ccc(C(C)C)cc5)c5ccc(C(C)C)cc5)ccc4cc23)cc1. The normalized spacial score (nSPS) is 13.2. The van der Waals surface area contributed by atoms with E-state index in [-0.39, 0.29) is 5.41 Å². The van der Waals surface area contributed by atoms with Crippen LogP contribution in [0.3, 0.4) is 0 Å². The van der Waals surface area contributed by atoms with E-state index in [0.717, 1.165) is 5.69 Å². The van der Waals surface area contributed by atoms with E-state index in [1.165, 1.54) is 115 Å². The van der Waals surface area contributed by atoms with E-state index in [1.54, 1.807) is 0 Å². The Hall–Kier alpha value is -6.68. The number of anilines is 6. The predicted molar refractivity (Wildman–Crippen MR) is 298 cm³/mol. The van der Waals surface area contributed by atoms with Crippen LogP contribution in [0, 0.1) is 0 Å². The molecule has 68 heavy (non-hydrogen) atoms. The molecule has 0 saturated carbocycles. The zero-order valence-corrected chi connectivity index (χ0v) is 42.1. The van der Waals surface area contributed by atoms with Crippen LogP contribution in [0.15, 0.2) is 170 Å². The van der Waals surface area contributed by atoms with Crippen LogP contribution in [0.1, 0.15) is 126 Å². The van der Waals surface area contributed by atoms with Crippen molar-refractivity contribution in [3.05, 3.63) is 203 Å². The van der Waals surface area contributed by atoms with Crippen LogP contribution < -0.4 is 9.80 Å². The molecule has 0 N–H and O–H groups in total. The Morgan fingerprint density at radius 1 is 0.353 bits per heavy atom. The molecular formula is C65H62N2S. The largest absolute Gasteiger partial charge is 0.310 e. The summed E-state index contributed by atoms with van der Waals surface area (Å²) in [4.78, 5) is 4.83. The number of thiophene rings is 1. The van der Waals surface area contributed by atoms with Crippen molar-refractivity contribution in [3.63, 3.8) is 0 Å². The van der Waals surface area contributed by atoms with Crippen molar-refractivity contribution in [2.75, 3.05) is 9.80 Å². The van der Waals surface area contributed by atoms with Gasteiger partial charge in [0, 0.05) is 59.7 Å². The van der Waals surface area contributed by atoms with Crippen LogP contribution in [0.2, 0.25) is 0 Å². The Morgan fingerprint density at radius 3 is 1.18 bits per heavy atom. The topological polar surface area (TPSA) is 6.48 Å². The van der Waals surface area contributed by atoms with Gasteiger partial charge in [-0.05, 0) is 187 Å². The predicted octanol–water partition coefficient (Wildman–Crippen LogP) is 20.1. The summed E-state index contributed by atoms with van der Waals surface area (Å²) in [6, 6.07) is 65.2. The first kappa shape index (κ1) is 43.9. The monoisotopic (exact) mass is 902 g/mol. The van der Waals surface area contributed by atoms with Crippen molar-refractivity contribution in [1.82, 2.24) is 0 Å². The molecule has 0 aliphatic heterocycles. The van der Waals surface area contributed by atoms with Crippen molar-refractivity contribution in [3.8, 4) is 11.1 Å². The molecule has 1 aromatic heterocycles. The average Bonchev–Trinajstić information content (AvgIpc) is 3.80. The molecule has 11 rings (SSSR count). The van der Waals surface area contributed by atoms with Crippen molar-refractivity contribution in [2.24, 2.45) is 0 Å². The first-order valence-electron chi connectivity index (χ1n) is 24.8. The molecule has 0 spiro atoms. The third-order valence-electron chi connectivity index (χ3n) is 14.9. The average molecular weight is 903 g/mol. The van der Waals surface area contributed by atoms with Crippen LogP contribution in [0.25, 0.3) is 52.8 Å². The van der Waals surface area contributed by atoms with E-state index < -0.39 is 0 Å². The lowest BCUT2D eigenvalue weighted by molar-refractivity contribution is 0.668. The van der Waals surface area contributed by atoms with Gasteiger partial charge in [-0.1, -0.05) is 142 Å². The molecule has 1 aliphatic rings. The Morgan fingerprint density at radius 2 is 0.750 bits per heavy atom. The molecule has 0 unspecified atom stereocenters. The quantitative estimate of drug-likeness (QED) is 0.135. The highest BCUT2D eigenvalue weighted by Crippen LogP contribution is 2.55. The van der Waals surface area contributed by atoms with Gasteiger partial charge in [-0.2, -0.15) is 0 Å². The second-order valence-electron chi connectivity index (χ2n) is 21.1. The molecule has 0 saturated heterocycles. The maximum Gasteiger partial charge on any atom is 0.0468 e. The number of nitrogens with zero attached hydrogens (tertiary/aromatic N) is 2. The van der Waals surface area contributed by atoms with Gasteiger partial charge in [0.05, 0.1) is 0 Å². The second-order valence-corrected chi connectivity index (χ2v) is 22.1. The molecule has 10 aromatic rings. The van der Waals surface area contributed by atoms with Crippen molar-refractivity contribution >= 4 is 87.2 Å². The standard InChI is InChI=1S/C65H62N2S/c1-39(2)43-11-21-51(22-12-43)66(52-23-13-44(14-24-52)40(3)4)55-29-19-47-35-59-57-31-32-58-60-36-48-20-30-56(34-50(48)38-62(60)68-64(58)63(57)65(9,10)61(59)37-49(47)33-55)67(53-25-15-45(16-26-53)41(5)6)54-27-17-46(18-28-54)42(7)8/h11-42H,1-10H3. The van der Waals surface area contributed by atoms with Gasteiger partial charge < -0.3 is 9.80 Å². The molecule has 0 radical (unpaired) electrons. The maximum atomic E-state index is 2.49. The van der Waals surface area contributed by atoms with Crippen LogP contribution >= 0.6 is 11.3 Å². The van der Waals surface area contributed by atoms with Crippen molar-refractivity contribution in [1.29, 1.82) is 0 Å². The van der Waals surface area contributed by atoms with E-state index in [0.29, 0.717) is 23.7 Å². The Bertz CT molecular complexity index is 3410. The molecule has 0 bridgehead atoms. The first-order valence-corrected chi connectivity index (χ1v) is 25.6. The number of hydrogen-bond donors (Lipinski definition) is 0. The summed E-state index contributed by atoms with van der Waals surface area (Å²) in [5, 5.41) is 7.73. The van der Waals surface area contributed by atoms with E-state index in [9.17, 15) is 0 Å². The summed E-state index contributed by atoms with van der Waals surface area (Å²) in [5.74, 6) is 1.92. The molecule has 2 nitrogen and oxygen atoms in total. The molecule has 0 atom stereocenters. The lowest BCUT2D eigenvalue weighted by atomic mass is 9.81. The molecule has 0 fully saturated rings. The smallest absolute Gasteiger partial charge is 0.0468 e. The van der Waals surface area contributed by atoms with Gasteiger partial charge in [0.2, 0.25) is 0 Å². The highest BCUT2D eigenvalue weighted by atomic mass is 32.1. The third-order valence-corrected chi connectivity index (χ3v) is 16.1. The van der Waals surface area contributed by atoms with E-state index in [2.05, 4.69) is 249 Å². The lowest BCUT2D eigenvalue weighted by Gasteiger charge is -2.27. The molecule has 3 heteroatoms. The van der Waals surface area contributed by atoms with Crippen LogP contribution in [-0.2, 0) is 5.41 Å². The number of hydrogen-bond acceptors (Lipinski definition) is 3. The molecule has 338 valence electrons. The summed E-state index contributed by atoms with van der Waals surface area (Å²) in [7, 11) is 0. The molecule has 0 amide bonds. The molecular weight excluding hydrogens is 841 g/mol. The number of benzene rings is 9. The van der Waals surface area contributed by atoms with Gasteiger partial charge in [-0.25, -0.2) is 0 Å². The second kappa shape index (κ2) is 16.8. The van der Waals surface area contributed by atoms with Crippen molar-refractivity contribution < 1.29 is 0 Å². The third kappa shape index (κ3) is 7.47. The van der Waals surface area contributed by atoms with Gasteiger partial charge in [0.1, 0.15) is 0 Å². The summed E-state index contributed by atoms with van der Waals surface area (Å²) in [5.41, 5.74) is 17.8. The summed E-state index contributed by atoms with van der Waals surface area (Å²) in [6.07, 6.45) is 0. The van der Waals surface area contributed by atoms with Gasteiger partial charge in [-0.15, -0.1) is 11.3 Å². The summed E-state index contributed by atoms with van der Waals surface area (Å²) >= 11 is 1.96. The Labute approximate surface area is 407 Å². The minimum absolute atomic E-state index is 0.183. The zero-order chi connectivity index (χ0) is 47.2. The highest BCUT2D eigenvalue weighted by Gasteiger charge is 2.38.